The van der Waals surface area contributed by atoms with Gasteiger partial charge >= 0.3 is 5.69 Å². The molecule has 0 amide bonds. The van der Waals surface area contributed by atoms with Crippen molar-refractivity contribution in [2.45, 2.75) is 12.7 Å². The third-order valence-electron chi connectivity index (χ3n) is 3.33. The summed E-state index contributed by atoms with van der Waals surface area (Å²) in [6, 6.07) is 5.19. The molecule has 1 atom stereocenters. The van der Waals surface area contributed by atoms with E-state index in [1.807, 2.05) is 4.98 Å². The third-order valence-corrected chi connectivity index (χ3v) is 3.33. The number of benzene rings is 1. The van der Waals surface area contributed by atoms with E-state index in [1.54, 1.807) is 25.3 Å². The van der Waals surface area contributed by atoms with Gasteiger partial charge in [0.15, 0.2) is 0 Å². The summed E-state index contributed by atoms with van der Waals surface area (Å²) in [6.07, 6.45) is -0.895. The van der Waals surface area contributed by atoms with Crippen LogP contribution in [0.3, 0.4) is 0 Å². The van der Waals surface area contributed by atoms with Crippen LogP contribution in [0, 0.1) is 5.82 Å². The lowest BCUT2D eigenvalue weighted by atomic mass is 10.2. The third kappa shape index (κ3) is 2.60. The fourth-order valence-corrected chi connectivity index (χ4v) is 2.22. The van der Waals surface area contributed by atoms with Gasteiger partial charge in [-0.2, -0.15) is 4.39 Å². The van der Waals surface area contributed by atoms with Crippen molar-refractivity contribution in [3.05, 3.63) is 56.1 Å². The van der Waals surface area contributed by atoms with E-state index in [0.717, 1.165) is 5.56 Å². The first-order valence-electron chi connectivity index (χ1n) is 6.52. The van der Waals surface area contributed by atoms with E-state index in [0.29, 0.717) is 11.5 Å². The molecule has 1 aromatic heterocycles. The van der Waals surface area contributed by atoms with E-state index in [4.69, 9.17) is 14.2 Å². The lowest BCUT2D eigenvalue weighted by molar-refractivity contribution is 0.0166. The summed E-state index contributed by atoms with van der Waals surface area (Å²) < 4.78 is 30.1. The van der Waals surface area contributed by atoms with Crippen molar-refractivity contribution in [3.63, 3.8) is 0 Å². The van der Waals surface area contributed by atoms with Crippen LogP contribution in [-0.2, 0) is 11.3 Å². The second-order valence-electron chi connectivity index (χ2n) is 4.72. The Balaban J connectivity index is 1.92. The molecule has 116 valence electrons. The van der Waals surface area contributed by atoms with E-state index >= 15 is 0 Å². The first-order chi connectivity index (χ1) is 10.6. The van der Waals surface area contributed by atoms with Crippen LogP contribution in [0.4, 0.5) is 4.39 Å². The molecular formula is C14H13FN2O5. The highest BCUT2D eigenvalue weighted by molar-refractivity contribution is 5.40. The number of aromatic amines is 2. The minimum Gasteiger partial charge on any atom is -0.497 e. The van der Waals surface area contributed by atoms with Gasteiger partial charge in [0, 0.05) is 5.56 Å². The molecule has 0 saturated carbocycles. The smallest absolute Gasteiger partial charge is 0.326 e. The quantitative estimate of drug-likeness (QED) is 0.858. The second-order valence-corrected chi connectivity index (χ2v) is 4.72. The maximum absolute atomic E-state index is 13.9. The lowest BCUT2D eigenvalue weighted by Crippen LogP contribution is -2.30. The molecule has 0 aliphatic carbocycles. The predicted molar refractivity (Wildman–Crippen MR) is 73.7 cm³/mol. The highest BCUT2D eigenvalue weighted by Gasteiger charge is 2.25. The summed E-state index contributed by atoms with van der Waals surface area (Å²) in [7, 11) is 1.54. The number of methoxy groups -OCH3 is 1. The molecule has 7 nitrogen and oxygen atoms in total. The van der Waals surface area contributed by atoms with Gasteiger partial charge in [0.1, 0.15) is 24.2 Å². The maximum atomic E-state index is 13.9. The molecule has 8 heteroatoms. The summed E-state index contributed by atoms with van der Waals surface area (Å²) in [5.41, 5.74) is -1.39. The van der Waals surface area contributed by atoms with Crippen LogP contribution in [0.5, 0.6) is 11.5 Å². The monoisotopic (exact) mass is 308 g/mol. The van der Waals surface area contributed by atoms with Gasteiger partial charge in [-0.3, -0.25) is 9.78 Å². The van der Waals surface area contributed by atoms with Crippen LogP contribution in [0.15, 0.2) is 27.8 Å². The van der Waals surface area contributed by atoms with Crippen LogP contribution < -0.4 is 20.7 Å². The van der Waals surface area contributed by atoms with E-state index < -0.39 is 23.2 Å². The van der Waals surface area contributed by atoms with Crippen LogP contribution in [0.2, 0.25) is 0 Å². The first-order valence-corrected chi connectivity index (χ1v) is 6.52. The summed E-state index contributed by atoms with van der Waals surface area (Å²) in [5, 5.41) is 0. The largest absolute Gasteiger partial charge is 0.497 e. The zero-order valence-corrected chi connectivity index (χ0v) is 11.6. The average Bonchev–Trinajstić information content (AvgIpc) is 2.72. The number of halogens is 1. The van der Waals surface area contributed by atoms with Crippen LogP contribution in [0.1, 0.15) is 17.4 Å². The Labute approximate surface area is 123 Å². The molecule has 22 heavy (non-hydrogen) atoms. The number of rotatable bonds is 2. The highest BCUT2D eigenvalue weighted by Crippen LogP contribution is 2.31. The Kier molecular flexibility index (Phi) is 3.68. The van der Waals surface area contributed by atoms with Gasteiger partial charge in [0.05, 0.1) is 19.4 Å². The highest BCUT2D eigenvalue weighted by atomic mass is 19.1. The Morgan fingerprint density at radius 2 is 2.14 bits per heavy atom. The summed E-state index contributed by atoms with van der Waals surface area (Å²) in [4.78, 5) is 26.7. The number of hydrogen-bond acceptors (Lipinski definition) is 5. The number of H-pyrrole nitrogens is 2. The maximum Gasteiger partial charge on any atom is 0.326 e. The molecule has 0 saturated heterocycles. The molecule has 1 aliphatic rings. The fourth-order valence-electron chi connectivity index (χ4n) is 2.22. The Bertz CT molecular complexity index is 814. The van der Waals surface area contributed by atoms with Crippen LogP contribution in [-0.4, -0.2) is 23.7 Å². The van der Waals surface area contributed by atoms with E-state index in [9.17, 15) is 14.0 Å². The molecule has 0 fully saturated rings. The standard InChI is InChI=1S/C14H13FN2O5/c1-20-8-2-3-9-7(4-8)5-21-10(6-22-9)12-11(15)13(18)17-14(19)16-12/h2-4,10H,5-6H2,1H3,(H2,16,17,18,19). The minimum atomic E-state index is -1.09. The molecule has 0 bridgehead atoms. The predicted octanol–water partition coefficient (Wildman–Crippen LogP) is 0.861. The SMILES string of the molecule is COc1ccc2c(c1)COC(c1[nH]c(=O)[nH]c(=O)c1F)CO2. The van der Waals surface area contributed by atoms with Crippen molar-refractivity contribution in [2.24, 2.45) is 0 Å². The fraction of sp³-hybridized carbons (Fsp3) is 0.286. The van der Waals surface area contributed by atoms with E-state index in [1.165, 1.54) is 0 Å². The van der Waals surface area contributed by atoms with Crippen molar-refractivity contribution in [1.29, 1.82) is 0 Å². The number of nitrogens with one attached hydrogen (secondary N) is 2. The van der Waals surface area contributed by atoms with Gasteiger partial charge in [-0.25, -0.2) is 4.79 Å². The summed E-state index contributed by atoms with van der Waals surface area (Å²) >= 11 is 0. The summed E-state index contributed by atoms with van der Waals surface area (Å²) in [5.74, 6) is 0.132. The molecule has 1 unspecified atom stereocenters. The normalized spacial score (nSPS) is 17.3. The van der Waals surface area contributed by atoms with E-state index in [2.05, 4.69) is 4.98 Å². The first kappa shape index (κ1) is 14.3. The minimum absolute atomic E-state index is 0.0321. The molecule has 2 N–H and O–H groups in total. The van der Waals surface area contributed by atoms with Gasteiger partial charge in [0.25, 0.3) is 5.56 Å². The molecular weight excluding hydrogens is 295 g/mol. The van der Waals surface area contributed by atoms with Crippen molar-refractivity contribution in [3.8, 4) is 11.5 Å². The molecule has 2 aromatic rings. The number of fused-ring (bicyclic) bond motifs is 1. The molecule has 1 aliphatic heterocycles. The van der Waals surface area contributed by atoms with Gasteiger partial charge in [-0.1, -0.05) is 0 Å². The zero-order chi connectivity index (χ0) is 15.7. The molecule has 1 aromatic carbocycles. The van der Waals surface area contributed by atoms with Crippen LogP contribution >= 0.6 is 0 Å². The Morgan fingerprint density at radius 1 is 1.32 bits per heavy atom. The van der Waals surface area contributed by atoms with E-state index in [-0.39, 0.29) is 18.9 Å². The summed E-state index contributed by atoms with van der Waals surface area (Å²) in [6.45, 7) is 0.0983. The zero-order valence-electron chi connectivity index (χ0n) is 11.6. The Hall–Kier alpha value is -2.61. The van der Waals surface area contributed by atoms with Gasteiger partial charge in [0.2, 0.25) is 5.82 Å². The van der Waals surface area contributed by atoms with Gasteiger partial charge < -0.3 is 19.2 Å². The lowest BCUT2D eigenvalue weighted by Gasteiger charge is -2.14. The number of ether oxygens (including phenoxy) is 3. The average molecular weight is 308 g/mol. The van der Waals surface area contributed by atoms with Gasteiger partial charge in [-0.05, 0) is 18.2 Å². The molecule has 0 radical (unpaired) electrons. The number of aromatic nitrogens is 2. The molecule has 0 spiro atoms. The number of hydrogen-bond donors (Lipinski definition) is 2. The van der Waals surface area contributed by atoms with Crippen molar-refractivity contribution < 1.29 is 18.6 Å². The topological polar surface area (TPSA) is 93.4 Å². The van der Waals surface area contributed by atoms with Gasteiger partial charge in [-0.15, -0.1) is 0 Å². The molecule has 2 heterocycles. The van der Waals surface area contributed by atoms with Crippen molar-refractivity contribution >= 4 is 0 Å². The van der Waals surface area contributed by atoms with Crippen molar-refractivity contribution in [2.75, 3.05) is 13.7 Å². The van der Waals surface area contributed by atoms with Crippen LogP contribution in [0.25, 0.3) is 0 Å². The molecule has 3 rings (SSSR count). The van der Waals surface area contributed by atoms with Crippen molar-refractivity contribution in [1.82, 2.24) is 9.97 Å². The second kappa shape index (κ2) is 5.64. The Morgan fingerprint density at radius 3 is 2.91 bits per heavy atom.